The Morgan fingerprint density at radius 1 is 1.62 bits per heavy atom. The number of aromatic nitrogens is 2. The third-order valence-corrected chi connectivity index (χ3v) is 1.76. The molecule has 0 spiro atoms. The van der Waals surface area contributed by atoms with Crippen LogP contribution in [0.4, 0.5) is 0 Å². The molecule has 0 atom stereocenters. The van der Waals surface area contributed by atoms with Gasteiger partial charge in [0.05, 0.1) is 6.54 Å². The van der Waals surface area contributed by atoms with Gasteiger partial charge in [0.25, 0.3) is 0 Å². The summed E-state index contributed by atoms with van der Waals surface area (Å²) in [6.45, 7) is 1.67. The average Bonchev–Trinajstić information content (AvgIpc) is 2.61. The Morgan fingerprint density at radius 3 is 3.23 bits per heavy atom. The van der Waals surface area contributed by atoms with Gasteiger partial charge in [-0.05, 0) is 6.07 Å². The lowest BCUT2D eigenvalue weighted by molar-refractivity contribution is 0.782. The Morgan fingerprint density at radius 2 is 2.54 bits per heavy atom. The molecule has 1 aromatic heterocycles. The van der Waals surface area contributed by atoms with Crippen molar-refractivity contribution in [1.29, 1.82) is 0 Å². The number of hydrogen-bond donors (Lipinski definition) is 1. The SMILES string of the molecule is Cn1cccn/c1=N/C1=NCCN1. The predicted octanol–water partition coefficient (Wildman–Crippen LogP) is -0.720. The number of aliphatic imine (C=N–C) groups is 1. The van der Waals surface area contributed by atoms with Gasteiger partial charge in [-0.1, -0.05) is 0 Å². The van der Waals surface area contributed by atoms with Crippen molar-refractivity contribution >= 4 is 5.96 Å². The van der Waals surface area contributed by atoms with E-state index >= 15 is 0 Å². The molecular weight excluding hydrogens is 166 g/mol. The molecule has 0 fully saturated rings. The van der Waals surface area contributed by atoms with E-state index in [9.17, 15) is 0 Å². The molecular formula is C8H11N5. The molecule has 0 amide bonds. The minimum absolute atomic E-state index is 0.663. The van der Waals surface area contributed by atoms with Gasteiger partial charge in [0.15, 0.2) is 0 Å². The molecule has 0 aromatic carbocycles. The summed E-state index contributed by atoms with van der Waals surface area (Å²) in [5.74, 6) is 0.675. The summed E-state index contributed by atoms with van der Waals surface area (Å²) in [6, 6.07) is 1.86. The van der Waals surface area contributed by atoms with E-state index in [1.54, 1.807) is 6.20 Å². The average molecular weight is 177 g/mol. The third-order valence-electron chi connectivity index (χ3n) is 1.76. The first-order chi connectivity index (χ1) is 6.36. The van der Waals surface area contributed by atoms with Gasteiger partial charge in [-0.15, -0.1) is 0 Å². The molecule has 68 valence electrons. The fourth-order valence-corrected chi connectivity index (χ4v) is 1.10. The summed E-state index contributed by atoms with van der Waals surface area (Å²) < 4.78 is 1.85. The van der Waals surface area contributed by atoms with E-state index in [1.807, 2.05) is 23.9 Å². The first-order valence-corrected chi connectivity index (χ1v) is 4.17. The summed E-state index contributed by atoms with van der Waals surface area (Å²) in [5.41, 5.74) is 0.663. The maximum Gasteiger partial charge on any atom is 0.232 e. The number of nitrogens with one attached hydrogen (secondary N) is 1. The first kappa shape index (κ1) is 7.97. The van der Waals surface area contributed by atoms with E-state index in [1.165, 1.54) is 0 Å². The highest BCUT2D eigenvalue weighted by atomic mass is 15.2. The number of hydrogen-bond acceptors (Lipinski definition) is 4. The zero-order valence-corrected chi connectivity index (χ0v) is 7.44. The highest BCUT2D eigenvalue weighted by molar-refractivity contribution is 5.81. The molecule has 1 N–H and O–H groups in total. The van der Waals surface area contributed by atoms with Gasteiger partial charge >= 0.3 is 0 Å². The van der Waals surface area contributed by atoms with Crippen LogP contribution in [0.25, 0.3) is 0 Å². The van der Waals surface area contributed by atoms with Crippen LogP contribution in [0, 0.1) is 0 Å². The molecule has 0 saturated heterocycles. The molecule has 0 bridgehead atoms. The standard InChI is InChI=1S/C8H11N5/c1-13-6-2-3-11-8(13)12-7-9-4-5-10-7/h2-3,6H,4-5H2,1H3,(H,9,10)/b12-8-. The number of guanidine groups is 1. The maximum absolute atomic E-state index is 4.25. The zero-order valence-electron chi connectivity index (χ0n) is 7.44. The quantitative estimate of drug-likeness (QED) is 0.568. The second-order valence-electron chi connectivity index (χ2n) is 2.77. The minimum atomic E-state index is 0.663. The summed E-state index contributed by atoms with van der Waals surface area (Å²) >= 11 is 0. The van der Waals surface area contributed by atoms with Crippen LogP contribution in [0.3, 0.4) is 0 Å². The van der Waals surface area contributed by atoms with Gasteiger partial charge < -0.3 is 9.88 Å². The Labute approximate surface area is 75.9 Å². The minimum Gasteiger partial charge on any atom is -0.353 e. The van der Waals surface area contributed by atoms with Gasteiger partial charge in [-0.3, -0.25) is 0 Å². The number of aryl methyl sites for hydroxylation is 1. The van der Waals surface area contributed by atoms with Crippen molar-refractivity contribution < 1.29 is 0 Å². The monoisotopic (exact) mass is 177 g/mol. The van der Waals surface area contributed by atoms with Crippen molar-refractivity contribution in [3.63, 3.8) is 0 Å². The van der Waals surface area contributed by atoms with Crippen LogP contribution in [-0.4, -0.2) is 28.6 Å². The third kappa shape index (κ3) is 1.74. The molecule has 2 rings (SSSR count). The molecule has 5 heteroatoms. The smallest absolute Gasteiger partial charge is 0.232 e. The van der Waals surface area contributed by atoms with Crippen molar-refractivity contribution in [2.24, 2.45) is 17.0 Å². The van der Waals surface area contributed by atoms with Crippen LogP contribution in [0.5, 0.6) is 0 Å². The van der Waals surface area contributed by atoms with Gasteiger partial charge in [-0.25, -0.2) is 9.98 Å². The van der Waals surface area contributed by atoms with Crippen LogP contribution < -0.4 is 10.9 Å². The van der Waals surface area contributed by atoms with E-state index in [-0.39, 0.29) is 0 Å². The van der Waals surface area contributed by atoms with Crippen molar-refractivity contribution in [3.05, 3.63) is 24.1 Å². The molecule has 1 aliphatic rings. The van der Waals surface area contributed by atoms with Gasteiger partial charge in [-0.2, -0.15) is 4.99 Å². The van der Waals surface area contributed by atoms with Crippen molar-refractivity contribution in [3.8, 4) is 0 Å². The predicted molar refractivity (Wildman–Crippen MR) is 49.1 cm³/mol. The Kier molecular flexibility index (Phi) is 2.08. The van der Waals surface area contributed by atoms with Crippen LogP contribution in [0.1, 0.15) is 0 Å². The van der Waals surface area contributed by atoms with E-state index in [2.05, 4.69) is 20.3 Å². The van der Waals surface area contributed by atoms with Crippen LogP contribution in [-0.2, 0) is 7.05 Å². The lowest BCUT2D eigenvalue weighted by atomic mass is 10.7. The van der Waals surface area contributed by atoms with E-state index in [0.29, 0.717) is 11.6 Å². The van der Waals surface area contributed by atoms with Gasteiger partial charge in [0.1, 0.15) is 0 Å². The summed E-state index contributed by atoms with van der Waals surface area (Å²) in [4.78, 5) is 12.5. The molecule has 2 heterocycles. The molecule has 0 aliphatic carbocycles. The van der Waals surface area contributed by atoms with Gasteiger partial charge in [0, 0.05) is 26.0 Å². The zero-order chi connectivity index (χ0) is 9.10. The van der Waals surface area contributed by atoms with E-state index < -0.39 is 0 Å². The fourth-order valence-electron chi connectivity index (χ4n) is 1.10. The normalized spacial score (nSPS) is 17.0. The lowest BCUT2D eigenvalue weighted by Crippen LogP contribution is -2.26. The molecule has 0 unspecified atom stereocenters. The number of rotatable bonds is 0. The molecule has 1 aliphatic heterocycles. The molecule has 13 heavy (non-hydrogen) atoms. The van der Waals surface area contributed by atoms with Crippen molar-refractivity contribution in [1.82, 2.24) is 14.9 Å². The second-order valence-corrected chi connectivity index (χ2v) is 2.77. The second kappa shape index (κ2) is 3.38. The first-order valence-electron chi connectivity index (χ1n) is 4.17. The maximum atomic E-state index is 4.25. The van der Waals surface area contributed by atoms with Crippen LogP contribution >= 0.6 is 0 Å². The van der Waals surface area contributed by atoms with Crippen molar-refractivity contribution in [2.45, 2.75) is 0 Å². The Balaban J connectivity index is 2.39. The largest absolute Gasteiger partial charge is 0.353 e. The highest BCUT2D eigenvalue weighted by Gasteiger charge is 2.01. The van der Waals surface area contributed by atoms with E-state index in [4.69, 9.17) is 0 Å². The van der Waals surface area contributed by atoms with E-state index in [0.717, 1.165) is 13.1 Å². The van der Waals surface area contributed by atoms with Crippen molar-refractivity contribution in [2.75, 3.05) is 13.1 Å². The Hall–Kier alpha value is -1.65. The summed E-state index contributed by atoms with van der Waals surface area (Å²) in [6.07, 6.45) is 3.62. The molecule has 0 saturated carbocycles. The van der Waals surface area contributed by atoms with Crippen LogP contribution in [0.2, 0.25) is 0 Å². The summed E-state index contributed by atoms with van der Waals surface area (Å²) in [7, 11) is 1.90. The topological polar surface area (TPSA) is 54.6 Å². The summed E-state index contributed by atoms with van der Waals surface area (Å²) in [5, 5.41) is 3.06. The molecule has 1 aromatic rings. The fraction of sp³-hybridized carbons (Fsp3) is 0.375. The highest BCUT2D eigenvalue weighted by Crippen LogP contribution is 1.84. The van der Waals surface area contributed by atoms with Gasteiger partial charge in [0.2, 0.25) is 11.6 Å². The molecule has 5 nitrogen and oxygen atoms in total. The number of nitrogens with zero attached hydrogens (tertiary/aromatic N) is 4. The Bertz CT molecular complexity index is 390. The molecule has 0 radical (unpaired) electrons. The van der Waals surface area contributed by atoms with Crippen LogP contribution in [0.15, 0.2) is 28.4 Å². The lowest BCUT2D eigenvalue weighted by Gasteiger charge is -1.97.